The third kappa shape index (κ3) is 2.97. The van der Waals surface area contributed by atoms with Crippen molar-refractivity contribution in [1.82, 2.24) is 4.90 Å². The summed E-state index contributed by atoms with van der Waals surface area (Å²) in [6.07, 6.45) is 2.55. The summed E-state index contributed by atoms with van der Waals surface area (Å²) in [6, 6.07) is 0.475. The zero-order valence-electron chi connectivity index (χ0n) is 8.32. The van der Waals surface area contributed by atoms with Gasteiger partial charge in [0.05, 0.1) is 12.5 Å². The van der Waals surface area contributed by atoms with Gasteiger partial charge < -0.3 is 15.4 Å². The van der Waals surface area contributed by atoms with Gasteiger partial charge >= 0.3 is 0 Å². The van der Waals surface area contributed by atoms with Gasteiger partial charge in [-0.1, -0.05) is 0 Å². The Balaban J connectivity index is 2.29. The fourth-order valence-corrected chi connectivity index (χ4v) is 1.27. The summed E-state index contributed by atoms with van der Waals surface area (Å²) in [4.78, 5) is 13.4. The normalized spacial score (nSPS) is 18.4. The Morgan fingerprint density at radius 2 is 2.31 bits per heavy atom. The molecule has 1 unspecified atom stereocenters. The minimum Gasteiger partial charge on any atom is -0.380 e. The highest BCUT2D eigenvalue weighted by Gasteiger charge is 2.30. The van der Waals surface area contributed by atoms with Crippen molar-refractivity contribution in [3.8, 4) is 0 Å². The largest absolute Gasteiger partial charge is 0.380 e. The fourth-order valence-electron chi connectivity index (χ4n) is 1.27. The minimum atomic E-state index is -0.131. The molecule has 13 heavy (non-hydrogen) atoms. The summed E-state index contributed by atoms with van der Waals surface area (Å²) in [5.74, 6) is 0.139. The molecule has 1 aliphatic rings. The standard InChI is InChI=1S/C9H18N2O2/c1-11(7-3-4-7)9(12)5-8(6-10)13-2/h7-8H,3-6,10H2,1-2H3. The van der Waals surface area contributed by atoms with Gasteiger partial charge in [0.15, 0.2) is 0 Å². The van der Waals surface area contributed by atoms with E-state index in [4.69, 9.17) is 10.5 Å². The minimum absolute atomic E-state index is 0.131. The van der Waals surface area contributed by atoms with Gasteiger partial charge in [0.25, 0.3) is 0 Å². The first-order valence-electron chi connectivity index (χ1n) is 4.67. The number of hydrogen-bond donors (Lipinski definition) is 1. The van der Waals surface area contributed by atoms with Gasteiger partial charge in [-0.25, -0.2) is 0 Å². The van der Waals surface area contributed by atoms with Crippen LogP contribution in [0.1, 0.15) is 19.3 Å². The van der Waals surface area contributed by atoms with E-state index in [9.17, 15) is 4.79 Å². The number of methoxy groups -OCH3 is 1. The second-order valence-corrected chi connectivity index (χ2v) is 3.53. The lowest BCUT2D eigenvalue weighted by Gasteiger charge is -2.19. The van der Waals surface area contributed by atoms with Crippen molar-refractivity contribution in [3.05, 3.63) is 0 Å². The maximum absolute atomic E-state index is 11.5. The van der Waals surface area contributed by atoms with E-state index < -0.39 is 0 Å². The van der Waals surface area contributed by atoms with Gasteiger partial charge in [-0.15, -0.1) is 0 Å². The van der Waals surface area contributed by atoms with E-state index in [1.54, 1.807) is 7.11 Å². The van der Waals surface area contributed by atoms with E-state index in [0.717, 1.165) is 12.8 Å². The smallest absolute Gasteiger partial charge is 0.225 e. The van der Waals surface area contributed by atoms with Gasteiger partial charge in [-0.05, 0) is 12.8 Å². The molecule has 4 heteroatoms. The van der Waals surface area contributed by atoms with Crippen LogP contribution in [-0.4, -0.2) is 43.7 Å². The van der Waals surface area contributed by atoms with Crippen LogP contribution in [0.15, 0.2) is 0 Å². The number of hydrogen-bond acceptors (Lipinski definition) is 3. The number of carbonyl (C=O) groups is 1. The predicted octanol–water partition coefficient (Wildman–Crippen LogP) is -0.0290. The van der Waals surface area contributed by atoms with Gasteiger partial charge in [0.1, 0.15) is 0 Å². The Kier molecular flexibility index (Phi) is 3.69. The highest BCUT2D eigenvalue weighted by Crippen LogP contribution is 2.25. The molecule has 4 nitrogen and oxygen atoms in total. The Morgan fingerprint density at radius 3 is 2.69 bits per heavy atom. The van der Waals surface area contributed by atoms with Crippen molar-refractivity contribution in [1.29, 1.82) is 0 Å². The van der Waals surface area contributed by atoms with Crippen LogP contribution in [0.3, 0.4) is 0 Å². The monoisotopic (exact) mass is 186 g/mol. The maximum atomic E-state index is 11.5. The van der Waals surface area contributed by atoms with Crippen LogP contribution in [0.5, 0.6) is 0 Å². The number of nitrogens with two attached hydrogens (primary N) is 1. The number of nitrogens with zero attached hydrogens (tertiary/aromatic N) is 1. The zero-order valence-corrected chi connectivity index (χ0v) is 8.32. The molecule has 1 fully saturated rings. The van der Waals surface area contributed by atoms with Crippen LogP contribution < -0.4 is 5.73 Å². The molecular formula is C9H18N2O2. The highest BCUT2D eigenvalue weighted by molar-refractivity contribution is 5.77. The van der Waals surface area contributed by atoms with E-state index >= 15 is 0 Å². The second kappa shape index (κ2) is 4.58. The zero-order chi connectivity index (χ0) is 9.84. The van der Waals surface area contributed by atoms with Gasteiger partial charge in [-0.2, -0.15) is 0 Å². The van der Waals surface area contributed by atoms with E-state index in [0.29, 0.717) is 19.0 Å². The topological polar surface area (TPSA) is 55.6 Å². The summed E-state index contributed by atoms with van der Waals surface area (Å²) in [5.41, 5.74) is 5.43. The van der Waals surface area contributed by atoms with Gasteiger partial charge in [-0.3, -0.25) is 4.79 Å². The second-order valence-electron chi connectivity index (χ2n) is 3.53. The lowest BCUT2D eigenvalue weighted by molar-refractivity contribution is -0.132. The molecule has 1 aliphatic carbocycles. The van der Waals surface area contributed by atoms with Crippen molar-refractivity contribution < 1.29 is 9.53 Å². The third-order valence-corrected chi connectivity index (χ3v) is 2.49. The first kappa shape index (κ1) is 10.5. The molecule has 2 N–H and O–H groups in total. The quantitative estimate of drug-likeness (QED) is 0.656. The van der Waals surface area contributed by atoms with E-state index in [2.05, 4.69) is 0 Å². The van der Waals surface area contributed by atoms with Crippen LogP contribution >= 0.6 is 0 Å². The van der Waals surface area contributed by atoms with Crippen LogP contribution in [0.4, 0.5) is 0 Å². The highest BCUT2D eigenvalue weighted by atomic mass is 16.5. The van der Waals surface area contributed by atoms with Crippen molar-refractivity contribution in [3.63, 3.8) is 0 Å². The molecule has 0 saturated heterocycles. The Bertz CT molecular complexity index is 176. The fraction of sp³-hybridized carbons (Fsp3) is 0.889. The summed E-state index contributed by atoms with van der Waals surface area (Å²) in [7, 11) is 3.44. The van der Waals surface area contributed by atoms with E-state index in [1.165, 1.54) is 0 Å². The van der Waals surface area contributed by atoms with Crippen LogP contribution in [0, 0.1) is 0 Å². The molecule has 0 aliphatic heterocycles. The first-order chi connectivity index (χ1) is 6.19. The molecule has 1 saturated carbocycles. The van der Waals surface area contributed by atoms with E-state index in [1.807, 2.05) is 11.9 Å². The van der Waals surface area contributed by atoms with Gasteiger partial charge in [0.2, 0.25) is 5.91 Å². The van der Waals surface area contributed by atoms with Crippen molar-refractivity contribution in [2.75, 3.05) is 20.7 Å². The lowest BCUT2D eigenvalue weighted by Crippen LogP contribution is -2.34. The molecule has 0 bridgehead atoms. The molecule has 0 spiro atoms. The molecule has 0 aromatic heterocycles. The SMILES string of the molecule is COC(CN)CC(=O)N(C)C1CC1. The van der Waals surface area contributed by atoms with Crippen molar-refractivity contribution >= 4 is 5.91 Å². The molecular weight excluding hydrogens is 168 g/mol. The Hall–Kier alpha value is -0.610. The van der Waals surface area contributed by atoms with Crippen LogP contribution in [-0.2, 0) is 9.53 Å². The number of carbonyl (C=O) groups excluding carboxylic acids is 1. The molecule has 1 amide bonds. The Labute approximate surface area is 79.0 Å². The average molecular weight is 186 g/mol. The molecule has 76 valence electrons. The van der Waals surface area contributed by atoms with Crippen LogP contribution in [0.2, 0.25) is 0 Å². The first-order valence-corrected chi connectivity index (χ1v) is 4.67. The summed E-state index contributed by atoms with van der Waals surface area (Å²) >= 11 is 0. The average Bonchev–Trinajstić information content (AvgIpc) is 2.95. The maximum Gasteiger partial charge on any atom is 0.225 e. The number of ether oxygens (including phenoxy) is 1. The summed E-state index contributed by atoms with van der Waals surface area (Å²) in [5, 5.41) is 0. The van der Waals surface area contributed by atoms with E-state index in [-0.39, 0.29) is 12.0 Å². The van der Waals surface area contributed by atoms with Gasteiger partial charge in [0, 0.05) is 26.7 Å². The molecule has 1 atom stereocenters. The van der Waals surface area contributed by atoms with Crippen molar-refractivity contribution in [2.45, 2.75) is 31.4 Å². The summed E-state index contributed by atoms with van der Waals surface area (Å²) < 4.78 is 5.05. The van der Waals surface area contributed by atoms with Crippen LogP contribution in [0.25, 0.3) is 0 Å². The molecule has 1 rings (SSSR count). The molecule has 0 heterocycles. The predicted molar refractivity (Wildman–Crippen MR) is 50.3 cm³/mol. The summed E-state index contributed by atoms with van der Waals surface area (Å²) in [6.45, 7) is 0.404. The Morgan fingerprint density at radius 1 is 1.69 bits per heavy atom. The van der Waals surface area contributed by atoms with Crippen molar-refractivity contribution in [2.24, 2.45) is 5.73 Å². The molecule has 0 aromatic rings. The number of amides is 1. The third-order valence-electron chi connectivity index (χ3n) is 2.49. The number of rotatable bonds is 5. The molecule has 0 aromatic carbocycles. The lowest BCUT2D eigenvalue weighted by atomic mass is 10.2. The molecule has 0 radical (unpaired) electrons.